The molecule has 2 aliphatic heterocycles. The van der Waals surface area contributed by atoms with Crippen LogP contribution in [0.2, 0.25) is 0 Å². The molecule has 3 N–H and O–H groups in total. The van der Waals surface area contributed by atoms with E-state index in [9.17, 15) is 29.0 Å². The first-order valence-electron chi connectivity index (χ1n) is 12.2. The molecule has 2 heterocycles. The van der Waals surface area contributed by atoms with Crippen molar-refractivity contribution in [3.05, 3.63) is 47.6 Å². The van der Waals surface area contributed by atoms with Gasteiger partial charge in [0.15, 0.2) is 6.61 Å². The van der Waals surface area contributed by atoms with Crippen molar-refractivity contribution in [2.75, 3.05) is 19.7 Å². The van der Waals surface area contributed by atoms with Crippen molar-refractivity contribution < 1.29 is 43.1 Å². The molecule has 2 aliphatic rings. The van der Waals surface area contributed by atoms with Gasteiger partial charge in [0.25, 0.3) is 5.91 Å². The molecule has 3 rings (SSSR count). The van der Waals surface area contributed by atoms with Crippen LogP contribution in [0.25, 0.3) is 0 Å². The monoisotopic (exact) mass is 536 g/mol. The molecule has 0 spiro atoms. The number of phenolic OH excluding ortho intramolecular Hbond substituents is 1. The normalized spacial score (nSPS) is 22.4. The maximum Gasteiger partial charge on any atom is 0.524 e. The number of cyclic esters (lactones) is 1. The molecular weight excluding hydrogens is 503 g/mol. The number of rotatable bonds is 5. The fourth-order valence-electron chi connectivity index (χ4n) is 4.06. The zero-order valence-corrected chi connectivity index (χ0v) is 21.6. The molecule has 11 nitrogen and oxygen atoms in total. The lowest BCUT2D eigenvalue weighted by molar-refractivity contribution is -0.137. The molecule has 1 fully saturated rings. The zero-order chi connectivity index (χ0) is 26.8. The van der Waals surface area contributed by atoms with Gasteiger partial charge in [0.1, 0.15) is 23.2 Å². The number of phosphoric acid groups is 1. The summed E-state index contributed by atoms with van der Waals surface area (Å²) in [6, 6.07) is 2.20. The van der Waals surface area contributed by atoms with Crippen LogP contribution in [0.4, 0.5) is 0 Å². The van der Waals surface area contributed by atoms with Gasteiger partial charge in [0.05, 0.1) is 5.71 Å². The van der Waals surface area contributed by atoms with Crippen LogP contribution in [0.3, 0.4) is 0 Å². The van der Waals surface area contributed by atoms with Crippen LogP contribution >= 0.6 is 7.82 Å². The highest BCUT2D eigenvalue weighted by molar-refractivity contribution is 7.46. The summed E-state index contributed by atoms with van der Waals surface area (Å²) in [6.45, 7) is 2.81. The Hall–Kier alpha value is -3.14. The highest BCUT2D eigenvalue weighted by atomic mass is 31.2. The van der Waals surface area contributed by atoms with E-state index in [-0.39, 0.29) is 35.8 Å². The Labute approximate surface area is 215 Å². The molecule has 1 amide bonds. The summed E-state index contributed by atoms with van der Waals surface area (Å²) < 4.78 is 21.8. The van der Waals surface area contributed by atoms with Crippen molar-refractivity contribution in [1.29, 1.82) is 0 Å². The molecular formula is C25H33N2O9P. The van der Waals surface area contributed by atoms with Crippen LogP contribution in [-0.2, 0) is 25.4 Å². The second kappa shape index (κ2) is 13.4. The van der Waals surface area contributed by atoms with E-state index in [0.29, 0.717) is 31.6 Å². The average molecular weight is 537 g/mol. The number of benzene rings is 1. The number of likely N-dealkylation sites (tertiary alicyclic amines) is 1. The summed E-state index contributed by atoms with van der Waals surface area (Å²) in [5, 5.41) is 14.3. The van der Waals surface area contributed by atoms with Gasteiger partial charge in [0, 0.05) is 32.0 Å². The van der Waals surface area contributed by atoms with E-state index in [1.165, 1.54) is 6.07 Å². The molecule has 0 saturated carbocycles. The van der Waals surface area contributed by atoms with Gasteiger partial charge in [-0.2, -0.15) is 0 Å². The highest BCUT2D eigenvalue weighted by Crippen LogP contribution is 2.42. The van der Waals surface area contributed by atoms with E-state index in [0.717, 1.165) is 31.7 Å². The van der Waals surface area contributed by atoms with Crippen molar-refractivity contribution in [2.24, 2.45) is 5.16 Å². The number of phosphoric ester groups is 1. The molecule has 37 heavy (non-hydrogen) atoms. The summed E-state index contributed by atoms with van der Waals surface area (Å²) in [6.07, 6.45) is 11.7. The minimum absolute atomic E-state index is 0.0744. The number of nitrogens with zero attached hydrogens (tertiary/aromatic N) is 2. The number of esters is 1. The van der Waals surface area contributed by atoms with Gasteiger partial charge in [-0.1, -0.05) is 23.4 Å². The van der Waals surface area contributed by atoms with Crippen molar-refractivity contribution in [2.45, 2.75) is 58.0 Å². The molecule has 1 aromatic carbocycles. The maximum absolute atomic E-state index is 13.1. The van der Waals surface area contributed by atoms with Crippen LogP contribution in [0.5, 0.6) is 11.5 Å². The number of phenols is 1. The third-order valence-corrected chi connectivity index (χ3v) is 6.23. The Morgan fingerprint density at radius 2 is 1.89 bits per heavy atom. The lowest BCUT2D eigenvalue weighted by atomic mass is 9.99. The summed E-state index contributed by atoms with van der Waals surface area (Å²) >= 11 is 0. The largest absolute Gasteiger partial charge is 0.524 e. The molecule has 12 heteroatoms. The van der Waals surface area contributed by atoms with Crippen LogP contribution in [0, 0.1) is 0 Å². The minimum Gasteiger partial charge on any atom is -0.508 e. The molecule has 0 aliphatic carbocycles. The van der Waals surface area contributed by atoms with Gasteiger partial charge in [-0.3, -0.25) is 14.6 Å². The fraction of sp³-hybridized carbons (Fsp3) is 0.480. The van der Waals surface area contributed by atoms with Gasteiger partial charge in [0.2, 0.25) is 0 Å². The van der Waals surface area contributed by atoms with Crippen LogP contribution in [0.15, 0.2) is 41.6 Å². The lowest BCUT2D eigenvalue weighted by Crippen LogP contribution is -2.37. The predicted octanol–water partition coefficient (Wildman–Crippen LogP) is 3.63. The topological polar surface area (TPSA) is 155 Å². The molecule has 202 valence electrons. The molecule has 0 radical (unpaired) electrons. The molecule has 1 atom stereocenters. The molecule has 1 saturated heterocycles. The summed E-state index contributed by atoms with van der Waals surface area (Å²) in [5.41, 5.74) is 0.226. The second-order valence-corrected chi connectivity index (χ2v) is 10.1. The van der Waals surface area contributed by atoms with Gasteiger partial charge in [-0.25, -0.2) is 9.36 Å². The SMILES string of the molecule is C[C@@H]1C/C=C/CC/C=C/C(=NOCC(=O)N2CCCCC2)Cc2cc(O)cc(OP(=O)(O)O)c2C(=O)O1. The number of carbonyl (C=O) groups is 2. The Kier molecular flexibility index (Phi) is 10.3. The highest BCUT2D eigenvalue weighted by Gasteiger charge is 2.27. The number of hydrogen-bond acceptors (Lipinski definition) is 8. The standard InChI is InChI=1S/C25H33N2O9P/c1-18-10-6-3-2-4-7-11-20(26-34-17-23(29)27-12-8-5-9-13-27)14-19-15-21(28)16-22(36-37(31,32)33)24(19)25(30)35-18/h3,6-7,11,15-16,18,28H,2,4-5,8-10,12-14,17H2,1H3,(H2,31,32,33)/b6-3+,11-7+,26-20?/t18-/m1/s1. The summed E-state index contributed by atoms with van der Waals surface area (Å²) in [7, 11) is -5.07. The number of oxime groups is 1. The van der Waals surface area contributed by atoms with E-state index in [2.05, 4.69) is 5.16 Å². The quantitative estimate of drug-likeness (QED) is 0.221. The van der Waals surface area contributed by atoms with E-state index in [1.54, 1.807) is 17.9 Å². The van der Waals surface area contributed by atoms with E-state index >= 15 is 0 Å². The predicted molar refractivity (Wildman–Crippen MR) is 135 cm³/mol. The zero-order valence-electron chi connectivity index (χ0n) is 20.7. The third-order valence-electron chi connectivity index (χ3n) is 5.79. The number of aromatic hydroxyl groups is 1. The van der Waals surface area contributed by atoms with Crippen molar-refractivity contribution in [3.8, 4) is 11.5 Å². The van der Waals surface area contributed by atoms with Crippen LogP contribution in [0.1, 0.15) is 61.4 Å². The van der Waals surface area contributed by atoms with Crippen molar-refractivity contribution >= 4 is 25.4 Å². The smallest absolute Gasteiger partial charge is 0.508 e. The number of ether oxygens (including phenoxy) is 1. The number of fused-ring (bicyclic) bond motifs is 1. The number of piperidine rings is 1. The first-order chi connectivity index (χ1) is 17.6. The number of allylic oxidation sites excluding steroid dienone is 3. The number of amides is 1. The first kappa shape index (κ1) is 28.4. The number of carbonyl (C=O) groups excluding carboxylic acids is 2. The van der Waals surface area contributed by atoms with Crippen LogP contribution in [-0.4, -0.2) is 63.2 Å². The van der Waals surface area contributed by atoms with Gasteiger partial charge in [-0.05, 0) is 56.7 Å². The Bertz CT molecular complexity index is 1100. The van der Waals surface area contributed by atoms with E-state index < -0.39 is 25.6 Å². The average Bonchev–Trinajstić information content (AvgIpc) is 2.81. The summed E-state index contributed by atoms with van der Waals surface area (Å²) in [5.74, 6) is -1.95. The Balaban J connectivity index is 1.94. The maximum atomic E-state index is 13.1. The molecule has 0 unspecified atom stereocenters. The second-order valence-electron chi connectivity index (χ2n) is 8.94. The van der Waals surface area contributed by atoms with Crippen LogP contribution < -0.4 is 4.52 Å². The third kappa shape index (κ3) is 9.35. The molecule has 0 aromatic heterocycles. The van der Waals surface area contributed by atoms with Gasteiger partial charge < -0.3 is 24.1 Å². The van der Waals surface area contributed by atoms with Gasteiger partial charge in [-0.15, -0.1) is 0 Å². The molecule has 0 bridgehead atoms. The molecule has 1 aromatic rings. The Morgan fingerprint density at radius 1 is 1.16 bits per heavy atom. The van der Waals surface area contributed by atoms with E-state index in [1.807, 2.05) is 18.2 Å². The van der Waals surface area contributed by atoms with Gasteiger partial charge >= 0.3 is 13.8 Å². The van der Waals surface area contributed by atoms with Crippen molar-refractivity contribution in [1.82, 2.24) is 4.90 Å². The number of hydrogen-bond donors (Lipinski definition) is 3. The summed E-state index contributed by atoms with van der Waals surface area (Å²) in [4.78, 5) is 51.3. The fourth-order valence-corrected chi connectivity index (χ4v) is 4.46. The lowest BCUT2D eigenvalue weighted by Gasteiger charge is -2.26. The van der Waals surface area contributed by atoms with E-state index in [4.69, 9.17) is 14.1 Å². The Morgan fingerprint density at radius 3 is 2.62 bits per heavy atom. The minimum atomic E-state index is -5.07. The first-order valence-corrected chi connectivity index (χ1v) is 13.8. The van der Waals surface area contributed by atoms with Crippen molar-refractivity contribution in [3.63, 3.8) is 0 Å².